The van der Waals surface area contributed by atoms with Gasteiger partial charge in [0.15, 0.2) is 0 Å². The van der Waals surface area contributed by atoms with Gasteiger partial charge in [0.1, 0.15) is 0 Å². The molecule has 1 aliphatic heterocycles. The van der Waals surface area contributed by atoms with Crippen molar-refractivity contribution >= 4 is 51.7 Å². The third-order valence-corrected chi connectivity index (χ3v) is 5.64. The van der Waals surface area contributed by atoms with E-state index in [9.17, 15) is 9.59 Å². The molecule has 0 spiro atoms. The Morgan fingerprint density at radius 2 is 1.92 bits per heavy atom. The first kappa shape index (κ1) is 19.2. The van der Waals surface area contributed by atoms with Gasteiger partial charge in [0.2, 0.25) is 0 Å². The van der Waals surface area contributed by atoms with Crippen molar-refractivity contribution in [2.45, 2.75) is 32.2 Å². The van der Waals surface area contributed by atoms with Crippen LogP contribution in [0.25, 0.3) is 0 Å². The Bertz CT molecular complexity index is 840. The second kappa shape index (κ2) is 8.39. The van der Waals surface area contributed by atoms with Crippen LogP contribution in [0.15, 0.2) is 42.5 Å². The molecule has 1 N–H and O–H groups in total. The van der Waals surface area contributed by atoms with E-state index in [2.05, 4.69) is 34.8 Å². The third kappa shape index (κ3) is 4.20. The van der Waals surface area contributed by atoms with Crippen LogP contribution in [0.2, 0.25) is 5.02 Å². The Labute approximate surface area is 172 Å². The molecule has 0 unspecified atom stereocenters. The normalized spacial score (nSPS) is 17.0. The molecular weight excluding hydrogens is 463 g/mol. The third-order valence-electron chi connectivity index (χ3n) is 4.64. The van der Waals surface area contributed by atoms with Crippen LogP contribution in [0.3, 0.4) is 0 Å². The highest BCUT2D eigenvalue weighted by atomic mass is 127. The number of carbonyl (C=O) groups is 2. The molecule has 1 atom stereocenters. The Morgan fingerprint density at radius 3 is 2.65 bits per heavy atom. The van der Waals surface area contributed by atoms with Crippen LogP contribution in [0.4, 0.5) is 5.69 Å². The Balaban J connectivity index is 1.90. The van der Waals surface area contributed by atoms with Crippen molar-refractivity contribution in [1.82, 2.24) is 4.90 Å². The van der Waals surface area contributed by atoms with Gasteiger partial charge in [-0.2, -0.15) is 0 Å². The molecule has 1 aliphatic rings. The quantitative estimate of drug-likeness (QED) is 0.611. The van der Waals surface area contributed by atoms with E-state index in [1.807, 2.05) is 17.0 Å². The summed E-state index contributed by atoms with van der Waals surface area (Å²) in [6.07, 6.45) is 3.17. The van der Waals surface area contributed by atoms with Crippen molar-refractivity contribution in [2.75, 3.05) is 11.9 Å². The SMILES string of the molecule is C[C@H]1CCCCN1C(=O)c1cc(I)ccc1NC(=O)c1ccccc1Cl. The molecule has 26 heavy (non-hydrogen) atoms. The first-order valence-electron chi connectivity index (χ1n) is 8.64. The molecule has 4 nitrogen and oxygen atoms in total. The predicted molar refractivity (Wildman–Crippen MR) is 113 cm³/mol. The Morgan fingerprint density at radius 1 is 1.15 bits per heavy atom. The molecule has 2 amide bonds. The van der Waals surface area contributed by atoms with Gasteiger partial charge >= 0.3 is 0 Å². The van der Waals surface area contributed by atoms with Crippen molar-refractivity contribution in [2.24, 2.45) is 0 Å². The van der Waals surface area contributed by atoms with E-state index in [0.29, 0.717) is 21.8 Å². The van der Waals surface area contributed by atoms with E-state index in [4.69, 9.17) is 11.6 Å². The number of nitrogens with one attached hydrogen (secondary N) is 1. The van der Waals surface area contributed by atoms with E-state index in [1.54, 1.807) is 30.3 Å². The highest BCUT2D eigenvalue weighted by molar-refractivity contribution is 14.1. The van der Waals surface area contributed by atoms with Crippen LogP contribution in [0.5, 0.6) is 0 Å². The Kier molecular flexibility index (Phi) is 6.19. The number of anilines is 1. The van der Waals surface area contributed by atoms with Gasteiger partial charge in [0, 0.05) is 16.2 Å². The number of benzene rings is 2. The van der Waals surface area contributed by atoms with Gasteiger partial charge in [0.25, 0.3) is 11.8 Å². The van der Waals surface area contributed by atoms with Crippen molar-refractivity contribution in [3.63, 3.8) is 0 Å². The Hall–Kier alpha value is -1.60. The summed E-state index contributed by atoms with van der Waals surface area (Å²) < 4.78 is 0.950. The zero-order valence-electron chi connectivity index (χ0n) is 14.5. The second-order valence-corrected chi connectivity index (χ2v) is 8.12. The second-order valence-electron chi connectivity index (χ2n) is 6.47. The molecule has 0 radical (unpaired) electrons. The van der Waals surface area contributed by atoms with Gasteiger partial charge in [-0.15, -0.1) is 0 Å². The van der Waals surface area contributed by atoms with E-state index in [-0.39, 0.29) is 17.9 Å². The first-order chi connectivity index (χ1) is 12.5. The van der Waals surface area contributed by atoms with Crippen LogP contribution < -0.4 is 5.32 Å². The lowest BCUT2D eigenvalue weighted by Crippen LogP contribution is -2.42. The summed E-state index contributed by atoms with van der Waals surface area (Å²) in [6, 6.07) is 12.6. The number of halogens is 2. The molecule has 0 aliphatic carbocycles. The summed E-state index contributed by atoms with van der Waals surface area (Å²) in [5, 5.41) is 3.24. The zero-order valence-corrected chi connectivity index (χ0v) is 17.4. The van der Waals surface area contributed by atoms with Crippen LogP contribution in [-0.4, -0.2) is 29.3 Å². The smallest absolute Gasteiger partial charge is 0.257 e. The predicted octanol–water partition coefficient (Wildman–Crippen LogP) is 5.21. The van der Waals surface area contributed by atoms with E-state index in [0.717, 1.165) is 29.4 Å². The van der Waals surface area contributed by atoms with Crippen LogP contribution >= 0.6 is 34.2 Å². The largest absolute Gasteiger partial charge is 0.336 e. The van der Waals surface area contributed by atoms with Crippen LogP contribution in [0.1, 0.15) is 46.9 Å². The average molecular weight is 483 g/mol. The molecule has 6 heteroatoms. The highest BCUT2D eigenvalue weighted by Crippen LogP contribution is 2.26. The molecule has 0 aromatic heterocycles. The number of rotatable bonds is 3. The lowest BCUT2D eigenvalue weighted by atomic mass is 10.0. The van der Waals surface area contributed by atoms with Crippen LogP contribution in [-0.2, 0) is 0 Å². The number of likely N-dealkylation sites (tertiary alicyclic amines) is 1. The number of hydrogen-bond donors (Lipinski definition) is 1. The van der Waals surface area contributed by atoms with E-state index >= 15 is 0 Å². The fourth-order valence-electron chi connectivity index (χ4n) is 3.19. The van der Waals surface area contributed by atoms with Crippen molar-refractivity contribution < 1.29 is 9.59 Å². The van der Waals surface area contributed by atoms with E-state index < -0.39 is 0 Å². The highest BCUT2D eigenvalue weighted by Gasteiger charge is 2.26. The molecule has 1 fully saturated rings. The average Bonchev–Trinajstić information content (AvgIpc) is 2.63. The molecule has 0 bridgehead atoms. The summed E-state index contributed by atoms with van der Waals surface area (Å²) in [5.41, 5.74) is 1.42. The molecular formula is C20H20ClIN2O2. The standard InChI is InChI=1S/C20H20ClIN2O2/c1-13-6-4-5-11-24(13)20(26)16-12-14(22)9-10-18(16)23-19(25)15-7-2-3-8-17(15)21/h2-3,7-10,12-13H,4-6,11H2,1H3,(H,23,25)/t13-/m0/s1. The minimum atomic E-state index is -0.322. The maximum absolute atomic E-state index is 13.1. The van der Waals surface area contributed by atoms with Gasteiger partial charge in [-0.3, -0.25) is 9.59 Å². The summed E-state index contributed by atoms with van der Waals surface area (Å²) in [6.45, 7) is 2.83. The number of carbonyl (C=O) groups excluding carboxylic acids is 2. The molecule has 1 saturated heterocycles. The number of hydrogen-bond acceptors (Lipinski definition) is 2. The van der Waals surface area contributed by atoms with Gasteiger partial charge in [-0.05, 0) is 79.1 Å². The van der Waals surface area contributed by atoms with Gasteiger partial charge in [-0.1, -0.05) is 23.7 Å². The maximum atomic E-state index is 13.1. The lowest BCUT2D eigenvalue weighted by molar-refractivity contribution is 0.0636. The molecule has 1 heterocycles. The topological polar surface area (TPSA) is 49.4 Å². The van der Waals surface area contributed by atoms with Gasteiger partial charge in [0.05, 0.1) is 21.8 Å². The lowest BCUT2D eigenvalue weighted by Gasteiger charge is -2.34. The van der Waals surface area contributed by atoms with Crippen molar-refractivity contribution in [3.05, 3.63) is 62.2 Å². The van der Waals surface area contributed by atoms with E-state index in [1.165, 1.54) is 0 Å². The van der Waals surface area contributed by atoms with Crippen LogP contribution in [0, 0.1) is 3.57 Å². The summed E-state index contributed by atoms with van der Waals surface area (Å²) in [4.78, 5) is 27.6. The molecule has 0 saturated carbocycles. The maximum Gasteiger partial charge on any atom is 0.257 e. The first-order valence-corrected chi connectivity index (χ1v) is 10.1. The van der Waals surface area contributed by atoms with Gasteiger partial charge in [-0.25, -0.2) is 0 Å². The van der Waals surface area contributed by atoms with Gasteiger partial charge < -0.3 is 10.2 Å². The molecule has 136 valence electrons. The monoisotopic (exact) mass is 482 g/mol. The minimum Gasteiger partial charge on any atom is -0.336 e. The number of piperidine rings is 1. The molecule has 2 aromatic rings. The molecule has 2 aromatic carbocycles. The summed E-state index contributed by atoms with van der Waals surface area (Å²) in [7, 11) is 0. The fourth-order valence-corrected chi connectivity index (χ4v) is 3.90. The zero-order chi connectivity index (χ0) is 18.7. The summed E-state index contributed by atoms with van der Waals surface area (Å²) >= 11 is 8.29. The fraction of sp³-hybridized carbons (Fsp3) is 0.300. The summed E-state index contributed by atoms with van der Waals surface area (Å²) in [5.74, 6) is -0.359. The number of amides is 2. The minimum absolute atomic E-state index is 0.0369. The molecule has 3 rings (SSSR count). The number of nitrogens with zero attached hydrogens (tertiary/aromatic N) is 1. The van der Waals surface area contributed by atoms with Crippen molar-refractivity contribution in [1.29, 1.82) is 0 Å². The van der Waals surface area contributed by atoms with Crippen molar-refractivity contribution in [3.8, 4) is 0 Å².